The van der Waals surface area contributed by atoms with Crippen LogP contribution in [0.5, 0.6) is 0 Å². The topological polar surface area (TPSA) is 92.5 Å². The van der Waals surface area contributed by atoms with Gasteiger partial charge in [0.1, 0.15) is 0 Å². The fourth-order valence-electron chi connectivity index (χ4n) is 2.12. The van der Waals surface area contributed by atoms with Gasteiger partial charge in [0.15, 0.2) is 0 Å². The summed E-state index contributed by atoms with van der Waals surface area (Å²) in [5.41, 5.74) is 0.601. The average molecular weight is 294 g/mol. The van der Waals surface area contributed by atoms with Crippen LogP contribution in [0.2, 0.25) is 0 Å². The molecule has 1 atom stereocenters. The first-order valence-electron chi connectivity index (χ1n) is 6.81. The predicted octanol–water partition coefficient (Wildman–Crippen LogP) is 2.43. The molecule has 1 aromatic carbocycles. The van der Waals surface area contributed by atoms with Gasteiger partial charge in [-0.2, -0.15) is 0 Å². The van der Waals surface area contributed by atoms with Crippen LogP contribution in [0.3, 0.4) is 0 Å². The SMILES string of the molecule is Cc1ccc(C(=O)NC(CO)CC(C)(C)C)cc1[N+](=O)[O-]. The van der Waals surface area contributed by atoms with Crippen molar-refractivity contribution in [2.45, 2.75) is 40.2 Å². The van der Waals surface area contributed by atoms with Crippen LogP contribution in [0.1, 0.15) is 43.1 Å². The maximum atomic E-state index is 12.1. The first kappa shape index (κ1) is 17.1. The number of carbonyl (C=O) groups is 1. The van der Waals surface area contributed by atoms with Crippen molar-refractivity contribution in [1.29, 1.82) is 0 Å². The van der Waals surface area contributed by atoms with Gasteiger partial charge in [0.2, 0.25) is 0 Å². The van der Waals surface area contributed by atoms with Crippen molar-refractivity contribution >= 4 is 11.6 Å². The minimum atomic E-state index is -0.509. The van der Waals surface area contributed by atoms with Crippen LogP contribution in [0, 0.1) is 22.5 Å². The average Bonchev–Trinajstić information content (AvgIpc) is 2.36. The van der Waals surface area contributed by atoms with E-state index >= 15 is 0 Å². The van der Waals surface area contributed by atoms with Crippen LogP contribution in [0.15, 0.2) is 18.2 Å². The second-order valence-corrected chi connectivity index (χ2v) is 6.38. The fraction of sp³-hybridized carbons (Fsp3) is 0.533. The summed E-state index contributed by atoms with van der Waals surface area (Å²) in [4.78, 5) is 22.5. The highest BCUT2D eigenvalue weighted by atomic mass is 16.6. The normalized spacial score (nSPS) is 12.8. The minimum absolute atomic E-state index is 0.0417. The Morgan fingerprint density at radius 1 is 1.43 bits per heavy atom. The molecule has 116 valence electrons. The van der Waals surface area contributed by atoms with Crippen LogP contribution in [0.25, 0.3) is 0 Å². The number of nitrogens with zero attached hydrogens (tertiary/aromatic N) is 1. The number of aliphatic hydroxyl groups is 1. The van der Waals surface area contributed by atoms with Crippen molar-refractivity contribution in [3.63, 3.8) is 0 Å². The van der Waals surface area contributed by atoms with E-state index in [-0.39, 0.29) is 29.3 Å². The van der Waals surface area contributed by atoms with E-state index in [4.69, 9.17) is 0 Å². The maximum absolute atomic E-state index is 12.1. The Morgan fingerprint density at radius 2 is 2.05 bits per heavy atom. The van der Waals surface area contributed by atoms with Gasteiger partial charge in [-0.15, -0.1) is 0 Å². The van der Waals surface area contributed by atoms with Gasteiger partial charge in [-0.3, -0.25) is 14.9 Å². The molecule has 0 aliphatic carbocycles. The molecule has 21 heavy (non-hydrogen) atoms. The van der Waals surface area contributed by atoms with Crippen molar-refractivity contribution in [2.75, 3.05) is 6.61 Å². The summed E-state index contributed by atoms with van der Waals surface area (Å²) in [5, 5.41) is 23.0. The molecule has 0 aromatic heterocycles. The second kappa shape index (κ2) is 6.67. The number of hydrogen-bond acceptors (Lipinski definition) is 4. The van der Waals surface area contributed by atoms with Crippen molar-refractivity contribution < 1.29 is 14.8 Å². The standard InChI is InChI=1S/C15H22N2O4/c1-10-5-6-11(7-13(10)17(20)21)14(19)16-12(9-18)8-15(2,3)4/h5-7,12,18H,8-9H2,1-4H3,(H,16,19). The summed E-state index contributed by atoms with van der Waals surface area (Å²) in [5.74, 6) is -0.415. The van der Waals surface area contributed by atoms with Crippen LogP contribution >= 0.6 is 0 Å². The lowest BCUT2D eigenvalue weighted by molar-refractivity contribution is -0.385. The highest BCUT2D eigenvalue weighted by Crippen LogP contribution is 2.22. The molecule has 1 rings (SSSR count). The molecule has 0 spiro atoms. The lowest BCUT2D eigenvalue weighted by Gasteiger charge is -2.25. The quantitative estimate of drug-likeness (QED) is 0.644. The van der Waals surface area contributed by atoms with E-state index in [2.05, 4.69) is 5.32 Å². The maximum Gasteiger partial charge on any atom is 0.273 e. The predicted molar refractivity (Wildman–Crippen MR) is 80.2 cm³/mol. The molecule has 1 unspecified atom stereocenters. The molecule has 6 nitrogen and oxygen atoms in total. The lowest BCUT2D eigenvalue weighted by atomic mass is 9.88. The zero-order valence-corrected chi connectivity index (χ0v) is 12.8. The van der Waals surface area contributed by atoms with E-state index in [1.807, 2.05) is 20.8 Å². The van der Waals surface area contributed by atoms with E-state index in [0.29, 0.717) is 12.0 Å². The van der Waals surface area contributed by atoms with Gasteiger partial charge < -0.3 is 10.4 Å². The van der Waals surface area contributed by atoms with Gasteiger partial charge in [0.05, 0.1) is 17.6 Å². The number of carbonyl (C=O) groups excluding carboxylic acids is 1. The number of nitro groups is 1. The summed E-state index contributed by atoms with van der Waals surface area (Å²) in [7, 11) is 0. The smallest absolute Gasteiger partial charge is 0.273 e. The zero-order valence-electron chi connectivity index (χ0n) is 12.8. The molecule has 0 radical (unpaired) electrons. The van der Waals surface area contributed by atoms with Gasteiger partial charge in [-0.05, 0) is 24.8 Å². The van der Waals surface area contributed by atoms with Crippen LogP contribution in [-0.2, 0) is 0 Å². The number of nitro benzene ring substituents is 1. The third-order valence-electron chi connectivity index (χ3n) is 3.08. The van der Waals surface area contributed by atoms with Crippen molar-refractivity contribution in [1.82, 2.24) is 5.32 Å². The Bertz CT molecular complexity index is 535. The van der Waals surface area contributed by atoms with E-state index < -0.39 is 10.8 Å². The monoisotopic (exact) mass is 294 g/mol. The van der Waals surface area contributed by atoms with E-state index in [0.717, 1.165) is 0 Å². The molecule has 0 saturated carbocycles. The number of benzene rings is 1. The molecule has 1 aromatic rings. The molecule has 2 N–H and O–H groups in total. The largest absolute Gasteiger partial charge is 0.394 e. The van der Waals surface area contributed by atoms with E-state index in [1.54, 1.807) is 19.1 Å². The third-order valence-corrected chi connectivity index (χ3v) is 3.08. The molecule has 0 aliphatic rings. The fourth-order valence-corrected chi connectivity index (χ4v) is 2.12. The van der Waals surface area contributed by atoms with Crippen molar-refractivity contribution in [3.8, 4) is 0 Å². The van der Waals surface area contributed by atoms with Crippen LogP contribution in [0.4, 0.5) is 5.69 Å². The minimum Gasteiger partial charge on any atom is -0.394 e. The van der Waals surface area contributed by atoms with E-state index in [9.17, 15) is 20.0 Å². The van der Waals surface area contributed by atoms with Crippen LogP contribution in [-0.4, -0.2) is 28.6 Å². The zero-order chi connectivity index (χ0) is 16.2. The van der Waals surface area contributed by atoms with Gasteiger partial charge in [-0.25, -0.2) is 0 Å². The molecular formula is C15H22N2O4. The highest BCUT2D eigenvalue weighted by molar-refractivity contribution is 5.95. The molecule has 0 aliphatic heterocycles. The van der Waals surface area contributed by atoms with Crippen LogP contribution < -0.4 is 5.32 Å². The van der Waals surface area contributed by atoms with Gasteiger partial charge in [-0.1, -0.05) is 26.8 Å². The first-order chi connectivity index (χ1) is 9.64. The first-order valence-corrected chi connectivity index (χ1v) is 6.81. The number of nitrogens with one attached hydrogen (secondary N) is 1. The Labute approximate surface area is 124 Å². The Hall–Kier alpha value is -1.95. The Balaban J connectivity index is 2.88. The third kappa shape index (κ3) is 5.15. The number of aliphatic hydroxyl groups excluding tert-OH is 1. The number of rotatable bonds is 5. The molecule has 0 fully saturated rings. The van der Waals surface area contributed by atoms with Gasteiger partial charge in [0.25, 0.3) is 11.6 Å². The highest BCUT2D eigenvalue weighted by Gasteiger charge is 2.21. The second-order valence-electron chi connectivity index (χ2n) is 6.38. The van der Waals surface area contributed by atoms with Gasteiger partial charge in [0, 0.05) is 17.2 Å². The lowest BCUT2D eigenvalue weighted by Crippen LogP contribution is -2.40. The number of amides is 1. The molecule has 1 amide bonds. The Kier molecular flexibility index (Phi) is 5.43. The number of aryl methyl sites for hydroxylation is 1. The van der Waals surface area contributed by atoms with Crippen molar-refractivity contribution in [2.24, 2.45) is 5.41 Å². The van der Waals surface area contributed by atoms with Gasteiger partial charge >= 0.3 is 0 Å². The Morgan fingerprint density at radius 3 is 2.52 bits per heavy atom. The molecule has 0 saturated heterocycles. The summed E-state index contributed by atoms with van der Waals surface area (Å²) in [6.07, 6.45) is 0.614. The summed E-state index contributed by atoms with van der Waals surface area (Å²) >= 11 is 0. The summed E-state index contributed by atoms with van der Waals surface area (Å²) < 4.78 is 0. The molecule has 6 heteroatoms. The van der Waals surface area contributed by atoms with E-state index in [1.165, 1.54) is 6.07 Å². The molecule has 0 bridgehead atoms. The van der Waals surface area contributed by atoms with Crippen molar-refractivity contribution in [3.05, 3.63) is 39.4 Å². The summed E-state index contributed by atoms with van der Waals surface area (Å²) in [6, 6.07) is 3.97. The molecule has 0 heterocycles. The number of hydrogen-bond donors (Lipinski definition) is 2. The molecular weight excluding hydrogens is 272 g/mol. The summed E-state index contributed by atoms with van der Waals surface area (Å²) in [6.45, 7) is 7.49.